The van der Waals surface area contributed by atoms with E-state index in [1.807, 2.05) is 47.9 Å². The lowest BCUT2D eigenvalue weighted by molar-refractivity contribution is -0.632. The number of aromatic nitrogens is 1. The smallest absolute Gasteiger partial charge is 0.269 e. The molecule has 8 nitrogen and oxygen atoms in total. The number of nitrogens with zero attached hydrogens (tertiary/aromatic N) is 2. The molecule has 0 aliphatic heterocycles. The second-order valence-electron chi connectivity index (χ2n) is 11.1. The average Bonchev–Trinajstić information content (AvgIpc) is 3.04. The van der Waals surface area contributed by atoms with E-state index in [1.165, 1.54) is 12.1 Å². The third-order valence-corrected chi connectivity index (χ3v) is 9.73. The summed E-state index contributed by atoms with van der Waals surface area (Å²) in [6.45, 7) is 1.99. The Balaban J connectivity index is 1.63. The van der Waals surface area contributed by atoms with Crippen molar-refractivity contribution in [3.8, 4) is 12.3 Å². The fourth-order valence-electron chi connectivity index (χ4n) is 5.53. The minimum atomic E-state index is -4.26. The Labute approximate surface area is 265 Å². The van der Waals surface area contributed by atoms with Crippen molar-refractivity contribution in [3.63, 3.8) is 0 Å². The molecule has 2 amide bonds. The Morgan fingerprint density at radius 2 is 1.36 bits per heavy atom. The first-order valence-corrected chi connectivity index (χ1v) is 16.8. The minimum Gasteiger partial charge on any atom is -0.359 e. The summed E-state index contributed by atoms with van der Waals surface area (Å²) in [7, 11) is -2.64. The molecule has 1 N–H and O–H groups in total. The number of Topliss-reactive ketones (excluding diaryl/α,β-unsaturated/α-hetero) is 1. The maximum absolute atomic E-state index is 14.5. The molecule has 1 heterocycles. The maximum Gasteiger partial charge on any atom is 0.269 e. The van der Waals surface area contributed by atoms with Gasteiger partial charge in [-0.15, -0.1) is 6.42 Å². The summed E-state index contributed by atoms with van der Waals surface area (Å²) in [6, 6.07) is 21.1. The number of pyridine rings is 1. The Bertz CT molecular complexity index is 1790. The van der Waals surface area contributed by atoms with E-state index in [-0.39, 0.29) is 48.1 Å². The first kappa shape index (κ1) is 33.3. The predicted molar refractivity (Wildman–Crippen MR) is 176 cm³/mol. The number of carbonyl (C=O) groups excluding carboxylic acids is 3. The topological polar surface area (TPSA) is 104 Å². The summed E-state index contributed by atoms with van der Waals surface area (Å²) < 4.78 is 31.0. The van der Waals surface area contributed by atoms with E-state index in [0.717, 1.165) is 40.2 Å². The third kappa shape index (κ3) is 7.95. The van der Waals surface area contributed by atoms with Crippen molar-refractivity contribution in [2.75, 3.05) is 13.6 Å². The SMILES string of the molecule is C#CC[n+]1c2ccccc2c(C(=O)N(CCCC(=O)CCCCCCC(=O)NC)S(=O)(=O)c2ccc(C)cc2)c2ccccc21. The molecule has 0 bridgehead atoms. The van der Waals surface area contributed by atoms with Gasteiger partial charge in [0.25, 0.3) is 15.9 Å². The van der Waals surface area contributed by atoms with Crippen molar-refractivity contribution in [2.24, 2.45) is 0 Å². The number of hydrogen-bond acceptors (Lipinski definition) is 5. The molecule has 0 fully saturated rings. The molecule has 4 aromatic rings. The van der Waals surface area contributed by atoms with Crippen molar-refractivity contribution in [3.05, 3.63) is 83.9 Å². The van der Waals surface area contributed by atoms with E-state index >= 15 is 0 Å². The second-order valence-corrected chi connectivity index (χ2v) is 13.0. The standard InChI is InChI=1S/C36H39N3O5S/c1-4-25-38-32-18-11-9-16-30(32)35(31-17-10-12-19-33(31)38)36(42)39(45(43,44)29-23-21-27(2)22-24-29)26-13-15-28(40)14-7-5-6-8-20-34(41)37-3/h1,9-12,16-19,21-24H,5-8,13-15,20,25-26H2,2-3H3/p+1. The normalized spacial score (nSPS) is 11.3. The number of ketones is 1. The van der Waals surface area contributed by atoms with Crippen molar-refractivity contribution in [1.82, 2.24) is 9.62 Å². The zero-order chi connectivity index (χ0) is 32.4. The van der Waals surface area contributed by atoms with Crippen LogP contribution in [0.15, 0.2) is 77.7 Å². The van der Waals surface area contributed by atoms with Crippen LogP contribution in [-0.4, -0.2) is 43.9 Å². The Hall–Kier alpha value is -4.55. The van der Waals surface area contributed by atoms with Crippen LogP contribution < -0.4 is 9.88 Å². The number of terminal acetylenes is 1. The molecule has 0 saturated carbocycles. The Kier molecular flexibility index (Phi) is 11.4. The summed E-state index contributed by atoms with van der Waals surface area (Å²) in [4.78, 5) is 38.6. The fourth-order valence-corrected chi connectivity index (χ4v) is 6.95. The number of aryl methyl sites for hydroxylation is 1. The summed E-state index contributed by atoms with van der Waals surface area (Å²) in [6.07, 6.45) is 10.1. The van der Waals surface area contributed by atoms with Crippen LogP contribution in [0.25, 0.3) is 21.8 Å². The highest BCUT2D eigenvalue weighted by atomic mass is 32.2. The number of benzene rings is 3. The number of para-hydroxylation sites is 2. The zero-order valence-electron chi connectivity index (χ0n) is 25.9. The number of nitrogens with one attached hydrogen (secondary N) is 1. The largest absolute Gasteiger partial charge is 0.359 e. The summed E-state index contributed by atoms with van der Waals surface area (Å²) in [5.41, 5.74) is 2.60. The van der Waals surface area contributed by atoms with Crippen LogP contribution in [0.2, 0.25) is 0 Å². The van der Waals surface area contributed by atoms with E-state index in [0.29, 0.717) is 30.0 Å². The molecule has 3 aromatic carbocycles. The van der Waals surface area contributed by atoms with Crippen LogP contribution in [0, 0.1) is 19.3 Å². The van der Waals surface area contributed by atoms with Crippen LogP contribution in [0.5, 0.6) is 0 Å². The quantitative estimate of drug-likeness (QED) is 0.0814. The van der Waals surface area contributed by atoms with Gasteiger partial charge in [0.05, 0.1) is 21.2 Å². The molecule has 0 atom stereocenters. The van der Waals surface area contributed by atoms with Gasteiger partial charge in [0.2, 0.25) is 23.5 Å². The minimum absolute atomic E-state index is 0.00836. The van der Waals surface area contributed by atoms with Gasteiger partial charge >= 0.3 is 0 Å². The Morgan fingerprint density at radius 1 is 0.800 bits per heavy atom. The van der Waals surface area contributed by atoms with Crippen molar-refractivity contribution < 1.29 is 27.4 Å². The second kappa shape index (κ2) is 15.4. The number of amides is 2. The summed E-state index contributed by atoms with van der Waals surface area (Å²) in [5.74, 6) is 2.06. The average molecular weight is 627 g/mol. The number of fused-ring (bicyclic) bond motifs is 2. The summed E-state index contributed by atoms with van der Waals surface area (Å²) >= 11 is 0. The molecule has 0 aliphatic rings. The van der Waals surface area contributed by atoms with E-state index < -0.39 is 15.9 Å². The van der Waals surface area contributed by atoms with Gasteiger partial charge in [-0.3, -0.25) is 14.4 Å². The monoisotopic (exact) mass is 626 g/mol. The van der Waals surface area contributed by atoms with Crippen LogP contribution in [0.4, 0.5) is 0 Å². The molecule has 0 radical (unpaired) electrons. The van der Waals surface area contributed by atoms with E-state index in [9.17, 15) is 22.8 Å². The van der Waals surface area contributed by atoms with Crippen molar-refractivity contribution in [1.29, 1.82) is 0 Å². The first-order valence-electron chi connectivity index (χ1n) is 15.3. The van der Waals surface area contributed by atoms with E-state index in [2.05, 4.69) is 11.2 Å². The molecule has 1 aromatic heterocycles. The van der Waals surface area contributed by atoms with Gasteiger partial charge in [0.1, 0.15) is 5.78 Å². The number of rotatable bonds is 15. The van der Waals surface area contributed by atoms with E-state index in [4.69, 9.17) is 6.42 Å². The van der Waals surface area contributed by atoms with Crippen LogP contribution in [0.3, 0.4) is 0 Å². The predicted octanol–water partition coefficient (Wildman–Crippen LogP) is 5.49. The maximum atomic E-state index is 14.5. The molecule has 9 heteroatoms. The highest BCUT2D eigenvalue weighted by Crippen LogP contribution is 2.29. The molecule has 0 saturated heterocycles. The summed E-state index contributed by atoms with van der Waals surface area (Å²) in [5, 5.41) is 3.78. The Morgan fingerprint density at radius 3 is 1.93 bits per heavy atom. The highest BCUT2D eigenvalue weighted by Gasteiger charge is 2.34. The van der Waals surface area contributed by atoms with E-state index in [1.54, 1.807) is 31.3 Å². The van der Waals surface area contributed by atoms with Gasteiger partial charge in [-0.1, -0.05) is 54.8 Å². The molecular formula is C36H40N3O5S+. The number of sulfonamides is 1. The first-order chi connectivity index (χ1) is 21.7. The van der Waals surface area contributed by atoms with Crippen molar-refractivity contribution in [2.45, 2.75) is 69.7 Å². The molecular weight excluding hydrogens is 586 g/mol. The molecule has 0 spiro atoms. The van der Waals surface area contributed by atoms with Gasteiger partial charge in [-0.05, 0) is 56.4 Å². The molecule has 4 rings (SSSR count). The molecule has 234 valence electrons. The lowest BCUT2D eigenvalue weighted by atomic mass is 10.0. The van der Waals surface area contributed by atoms with Crippen molar-refractivity contribution >= 4 is 49.4 Å². The van der Waals surface area contributed by atoms with Gasteiger partial charge in [0, 0.05) is 45.0 Å². The molecule has 0 unspecified atom stereocenters. The molecule has 45 heavy (non-hydrogen) atoms. The molecule has 0 aliphatic carbocycles. The van der Waals surface area contributed by atoms with Gasteiger partial charge in [0.15, 0.2) is 0 Å². The van der Waals surface area contributed by atoms with Gasteiger partial charge < -0.3 is 5.32 Å². The fraction of sp³-hybridized carbons (Fsp3) is 0.333. The lowest BCUT2D eigenvalue weighted by Crippen LogP contribution is -2.40. The highest BCUT2D eigenvalue weighted by molar-refractivity contribution is 7.89. The van der Waals surface area contributed by atoms with Gasteiger partial charge in [-0.2, -0.15) is 4.57 Å². The van der Waals surface area contributed by atoms with Crippen LogP contribution in [0.1, 0.15) is 67.3 Å². The van der Waals surface area contributed by atoms with Crippen LogP contribution >= 0.6 is 0 Å². The lowest BCUT2D eigenvalue weighted by Gasteiger charge is -2.24. The van der Waals surface area contributed by atoms with Crippen LogP contribution in [-0.2, 0) is 26.2 Å². The number of unbranched alkanes of at least 4 members (excludes halogenated alkanes) is 3. The third-order valence-electron chi connectivity index (χ3n) is 7.93. The number of carbonyl (C=O) groups is 3. The zero-order valence-corrected chi connectivity index (χ0v) is 26.7. The number of hydrogen-bond donors (Lipinski definition) is 1. The van der Waals surface area contributed by atoms with Gasteiger partial charge in [-0.25, -0.2) is 12.7 Å².